The fraction of sp³-hybridized carbons (Fsp3) is 0.167. The highest BCUT2D eigenvalue weighted by Crippen LogP contribution is 2.04. The molecule has 0 aliphatic heterocycles. The molecule has 0 fully saturated rings. The van der Waals surface area contributed by atoms with E-state index in [1.54, 1.807) is 4.52 Å². The highest BCUT2D eigenvalue weighted by atomic mass is 31.1. The number of fused-ring (bicyclic) bond motifs is 1. The molecular weight excluding hydrogens is 145 g/mol. The van der Waals surface area contributed by atoms with E-state index in [1.807, 2.05) is 25.3 Å². The lowest BCUT2D eigenvalue weighted by Gasteiger charge is -1.90. The minimum absolute atomic E-state index is 0.790. The van der Waals surface area contributed by atoms with Crippen LogP contribution >= 0.6 is 8.51 Å². The van der Waals surface area contributed by atoms with Crippen molar-refractivity contribution in [3.63, 3.8) is 0 Å². The fourth-order valence-corrected chi connectivity index (χ4v) is 1.36. The quantitative estimate of drug-likeness (QED) is 0.572. The largest absolute Gasteiger partial charge is 0.217 e. The Bertz CT molecular complexity index is 355. The summed E-state index contributed by atoms with van der Waals surface area (Å²) in [4.78, 5) is 4.08. The van der Waals surface area contributed by atoms with E-state index >= 15 is 0 Å². The van der Waals surface area contributed by atoms with Gasteiger partial charge in [-0.3, -0.25) is 0 Å². The van der Waals surface area contributed by atoms with Crippen molar-refractivity contribution in [3.8, 4) is 0 Å². The van der Waals surface area contributed by atoms with Gasteiger partial charge in [0.25, 0.3) is 0 Å². The zero-order chi connectivity index (χ0) is 6.97. The molecule has 0 radical (unpaired) electrons. The lowest BCUT2D eigenvalue weighted by atomic mass is 10.3. The highest BCUT2D eigenvalue weighted by Gasteiger charge is 1.92. The van der Waals surface area contributed by atoms with E-state index in [1.165, 1.54) is 5.56 Å². The van der Waals surface area contributed by atoms with Gasteiger partial charge in [-0.1, -0.05) is 6.07 Å². The molecule has 2 heterocycles. The molecule has 0 amide bonds. The van der Waals surface area contributed by atoms with Gasteiger partial charge < -0.3 is 0 Å². The summed E-state index contributed by atoms with van der Waals surface area (Å²) in [6.45, 7) is 2.04. The maximum Gasteiger partial charge on any atom is 0.178 e. The minimum atomic E-state index is 0.790. The summed E-state index contributed by atoms with van der Waals surface area (Å²) in [5.41, 5.74) is 2.15. The van der Waals surface area contributed by atoms with Gasteiger partial charge in [0.15, 0.2) is 14.2 Å². The third kappa shape index (κ3) is 0.792. The van der Waals surface area contributed by atoms with Crippen molar-refractivity contribution < 1.29 is 0 Å². The molecule has 0 spiro atoms. The summed E-state index contributed by atoms with van der Waals surface area (Å²) in [5.74, 6) is 0. The molecule has 0 atom stereocenters. The molecule has 0 saturated heterocycles. The molecule has 0 saturated carbocycles. The average Bonchev–Trinajstić information content (AvgIpc) is 2.33. The first kappa shape index (κ1) is 5.81. The summed E-state index contributed by atoms with van der Waals surface area (Å²) in [5, 5.41) is 0. The normalized spacial score (nSPS) is 11.3. The molecule has 0 aliphatic carbocycles. The van der Waals surface area contributed by atoms with Gasteiger partial charge in [0, 0.05) is 6.20 Å². The summed E-state index contributed by atoms with van der Waals surface area (Å²) < 4.78 is 5.91. The zero-order valence-electron chi connectivity index (χ0n) is 5.52. The van der Waals surface area contributed by atoms with Gasteiger partial charge in [-0.25, -0.2) is 4.52 Å². The van der Waals surface area contributed by atoms with E-state index in [4.69, 9.17) is 0 Å². The molecule has 0 aliphatic rings. The maximum absolute atomic E-state index is 4.11. The Morgan fingerprint density at radius 2 is 2.40 bits per heavy atom. The van der Waals surface area contributed by atoms with Crippen LogP contribution in [-0.2, 0) is 0 Å². The Hall–Kier alpha value is -0.950. The van der Waals surface area contributed by atoms with Crippen molar-refractivity contribution >= 4 is 14.2 Å². The highest BCUT2D eigenvalue weighted by molar-refractivity contribution is 7.20. The van der Waals surface area contributed by atoms with E-state index < -0.39 is 0 Å². The van der Waals surface area contributed by atoms with Crippen molar-refractivity contribution in [2.45, 2.75) is 6.92 Å². The van der Waals surface area contributed by atoms with Crippen LogP contribution in [0.1, 0.15) is 5.56 Å². The number of pyridine rings is 1. The van der Waals surface area contributed by atoms with Crippen molar-refractivity contribution in [1.82, 2.24) is 14.1 Å². The second-order valence-electron chi connectivity index (χ2n) is 2.19. The van der Waals surface area contributed by atoms with Gasteiger partial charge in [-0.2, -0.15) is 4.75 Å². The van der Waals surface area contributed by atoms with E-state index in [0.29, 0.717) is 0 Å². The molecule has 2 aromatic heterocycles. The van der Waals surface area contributed by atoms with Crippen molar-refractivity contribution in [2.75, 3.05) is 0 Å². The van der Waals surface area contributed by atoms with Crippen LogP contribution in [0.4, 0.5) is 0 Å². The molecule has 50 valence electrons. The average molecular weight is 151 g/mol. The number of aryl methyl sites for hydroxylation is 1. The summed E-state index contributed by atoms with van der Waals surface area (Å²) >= 11 is 0. The van der Waals surface area contributed by atoms with Crippen LogP contribution in [0.5, 0.6) is 0 Å². The van der Waals surface area contributed by atoms with Crippen molar-refractivity contribution in [1.29, 1.82) is 0 Å². The van der Waals surface area contributed by atoms with Gasteiger partial charge in [0.1, 0.15) is 0 Å². The second-order valence-corrected chi connectivity index (χ2v) is 2.75. The Morgan fingerprint density at radius 3 is 3.30 bits per heavy atom. The molecule has 0 N–H and O–H groups in total. The van der Waals surface area contributed by atoms with Gasteiger partial charge in [-0.15, -0.1) is 4.86 Å². The Morgan fingerprint density at radius 1 is 1.50 bits per heavy atom. The summed E-state index contributed by atoms with van der Waals surface area (Å²) in [7, 11) is 0.790. The van der Waals surface area contributed by atoms with Crippen LogP contribution in [0.2, 0.25) is 0 Å². The van der Waals surface area contributed by atoms with Crippen LogP contribution in [-0.4, -0.2) is 14.1 Å². The number of nitrogens with zero attached hydrogens (tertiary/aromatic N) is 3. The molecule has 0 unspecified atom stereocenters. The SMILES string of the molecule is Cc1ccc2npnn2c1. The topological polar surface area (TPSA) is 30.2 Å². The van der Waals surface area contributed by atoms with Crippen molar-refractivity contribution in [3.05, 3.63) is 23.9 Å². The zero-order valence-corrected chi connectivity index (χ0v) is 6.42. The predicted octanol–water partition coefficient (Wildman–Crippen LogP) is 1.62. The van der Waals surface area contributed by atoms with Gasteiger partial charge in [0.2, 0.25) is 0 Å². The lowest BCUT2D eigenvalue weighted by Crippen LogP contribution is -1.86. The number of rotatable bonds is 0. The Kier molecular flexibility index (Phi) is 1.18. The van der Waals surface area contributed by atoms with Crippen molar-refractivity contribution in [2.24, 2.45) is 0 Å². The second kappa shape index (κ2) is 2.03. The minimum Gasteiger partial charge on any atom is -0.217 e. The first-order valence-corrected chi connectivity index (χ1v) is 3.80. The fourth-order valence-electron chi connectivity index (χ4n) is 0.844. The first-order valence-electron chi connectivity index (χ1n) is 3.00. The number of hydrogen-bond acceptors (Lipinski definition) is 2. The monoisotopic (exact) mass is 151 g/mol. The molecular formula is C6H6N3P. The van der Waals surface area contributed by atoms with Gasteiger partial charge in [-0.05, 0) is 18.6 Å². The number of aromatic nitrogens is 3. The first-order chi connectivity index (χ1) is 4.86. The molecule has 10 heavy (non-hydrogen) atoms. The van der Waals surface area contributed by atoms with Crippen LogP contribution in [0.15, 0.2) is 18.3 Å². The van der Waals surface area contributed by atoms with E-state index in [0.717, 1.165) is 14.2 Å². The summed E-state index contributed by atoms with van der Waals surface area (Å²) in [6.07, 6.45) is 1.97. The van der Waals surface area contributed by atoms with Gasteiger partial charge >= 0.3 is 0 Å². The third-order valence-corrected chi connectivity index (χ3v) is 1.91. The Labute approximate surface area is 59.9 Å². The molecule has 0 bridgehead atoms. The third-order valence-electron chi connectivity index (χ3n) is 1.34. The molecule has 2 rings (SSSR count). The predicted molar refractivity (Wildman–Crippen MR) is 40.2 cm³/mol. The standard InChI is InChI=1S/C6H6N3P/c1-5-2-3-6-7-10-8-9(6)4-5/h2-4H,1H3. The lowest BCUT2D eigenvalue weighted by molar-refractivity contribution is 0.991. The molecule has 3 nitrogen and oxygen atoms in total. The van der Waals surface area contributed by atoms with E-state index in [2.05, 4.69) is 9.61 Å². The maximum atomic E-state index is 4.11. The summed E-state index contributed by atoms with van der Waals surface area (Å²) in [6, 6.07) is 4.00. The Balaban J connectivity index is 2.86. The van der Waals surface area contributed by atoms with Gasteiger partial charge in [0.05, 0.1) is 0 Å². The van der Waals surface area contributed by atoms with Crippen LogP contribution < -0.4 is 0 Å². The van der Waals surface area contributed by atoms with E-state index in [9.17, 15) is 0 Å². The molecule has 2 aromatic rings. The number of hydrogen-bond donors (Lipinski definition) is 0. The smallest absolute Gasteiger partial charge is 0.178 e. The van der Waals surface area contributed by atoms with Crippen LogP contribution in [0, 0.1) is 6.92 Å². The molecule has 0 aromatic carbocycles. The van der Waals surface area contributed by atoms with E-state index in [-0.39, 0.29) is 0 Å². The van der Waals surface area contributed by atoms with Crippen LogP contribution in [0.3, 0.4) is 0 Å². The molecule has 4 heteroatoms. The van der Waals surface area contributed by atoms with Crippen LogP contribution in [0.25, 0.3) is 5.65 Å².